The van der Waals surface area contributed by atoms with Gasteiger partial charge in [0.25, 0.3) is 0 Å². The molecule has 0 saturated carbocycles. The fraction of sp³-hybridized carbons (Fsp3) is 0. The Morgan fingerprint density at radius 1 is 0.395 bits per heavy atom. The number of hydrogen-bond donors (Lipinski definition) is 0. The first-order valence-corrected chi connectivity index (χ1v) is 22.4. The van der Waals surface area contributed by atoms with E-state index in [9.17, 15) is 0 Å². The van der Waals surface area contributed by atoms with Gasteiger partial charge in [0, 0.05) is 0 Å². The van der Waals surface area contributed by atoms with Crippen LogP contribution in [0.4, 0.5) is 11.6 Å². The summed E-state index contributed by atoms with van der Waals surface area (Å²) in [6, 6.07) is 32.1. The predicted octanol–water partition coefficient (Wildman–Crippen LogP) is 5.85. The van der Waals surface area contributed by atoms with E-state index in [0.717, 1.165) is 43.8 Å². The van der Waals surface area contributed by atoms with Gasteiger partial charge in [-0.2, -0.15) is 0 Å². The maximum absolute atomic E-state index is 7.84. The number of hydrogen-bond acceptors (Lipinski definition) is 6. The Balaban J connectivity index is 1.53. The summed E-state index contributed by atoms with van der Waals surface area (Å²) in [5, 5.41) is 3.50. The molecule has 2 aromatic heterocycles. The number of amidine groups is 4. The van der Waals surface area contributed by atoms with Crippen LogP contribution in [0.25, 0.3) is 21.5 Å². The van der Waals surface area contributed by atoms with Crippen LogP contribution >= 0.6 is 17.7 Å². The summed E-state index contributed by atoms with van der Waals surface area (Å²) in [5.74, 6) is 3.43. The zero-order valence-corrected chi connectivity index (χ0v) is 26.1. The van der Waals surface area contributed by atoms with E-state index >= 15 is 0 Å². The molecule has 0 atom stereocenters. The number of nitrogens with zero attached hydrogens (tertiary/aromatic N) is 8. The number of fused-ring (bicyclic) bond motifs is 14. The molecule has 43 heavy (non-hydrogen) atoms. The van der Waals surface area contributed by atoms with Crippen LogP contribution in [0.2, 0.25) is 0 Å². The Kier molecular flexibility index (Phi) is 4.70. The van der Waals surface area contributed by atoms with Gasteiger partial charge in [-0.15, -0.1) is 0 Å². The first-order chi connectivity index (χ1) is 21.1. The van der Waals surface area contributed by atoms with E-state index in [0.29, 0.717) is 46.0 Å². The molecule has 0 fully saturated rings. The van der Waals surface area contributed by atoms with Crippen molar-refractivity contribution >= 4 is 91.3 Å². The second kappa shape index (κ2) is 8.38. The van der Waals surface area contributed by atoms with E-state index in [1.54, 1.807) is 0 Å². The van der Waals surface area contributed by atoms with Crippen molar-refractivity contribution in [3.05, 3.63) is 130 Å². The number of halogens is 2. The van der Waals surface area contributed by atoms with Gasteiger partial charge in [0.1, 0.15) is 0 Å². The Labute approximate surface area is 255 Å². The van der Waals surface area contributed by atoms with Gasteiger partial charge < -0.3 is 0 Å². The summed E-state index contributed by atoms with van der Waals surface area (Å²) in [6.45, 7) is 0. The maximum atomic E-state index is 7.84. The molecule has 4 aliphatic heterocycles. The second-order valence-electron chi connectivity index (χ2n) is 10.5. The van der Waals surface area contributed by atoms with Crippen molar-refractivity contribution < 1.29 is 0 Å². The van der Waals surface area contributed by atoms with E-state index in [-0.39, 0.29) is 0 Å². The number of benzene rings is 4. The van der Waals surface area contributed by atoms with Crippen molar-refractivity contribution in [2.45, 2.75) is 0 Å². The van der Waals surface area contributed by atoms with Crippen molar-refractivity contribution in [3.63, 3.8) is 0 Å². The van der Waals surface area contributed by atoms with Crippen LogP contribution in [0.3, 0.4) is 0 Å². The standard InChI is InChI=1S/C32H16N8.2ClH.Sb/c1-2-10-18-17(9-1)25-33-26(18)38-28-21-13-5-6-14-22(21)30(35-28)40-32-24-16-8-7-15-23(24)31(36-32)39-29-20-12-4-3-11-19(20)27(34-29)37-25;;;/h1-16H;2*1H;/q-2;;;+5/p-2. The van der Waals surface area contributed by atoms with E-state index in [2.05, 4.69) is 0 Å². The zero-order chi connectivity index (χ0) is 28.4. The van der Waals surface area contributed by atoms with Crippen LogP contribution in [0.5, 0.6) is 0 Å². The Hall–Kier alpha value is -4.36. The summed E-state index contributed by atoms with van der Waals surface area (Å²) in [7, 11) is 15.7. The third kappa shape index (κ3) is 3.13. The Morgan fingerprint density at radius 2 is 0.744 bits per heavy atom. The van der Waals surface area contributed by atoms with E-state index in [4.69, 9.17) is 47.6 Å². The van der Waals surface area contributed by atoms with Crippen LogP contribution in [-0.4, -0.2) is 45.9 Å². The van der Waals surface area contributed by atoms with Gasteiger partial charge in [0.05, 0.1) is 0 Å². The van der Waals surface area contributed by atoms with Gasteiger partial charge in [-0.3, -0.25) is 0 Å². The molecular weight excluding hydrogens is 689 g/mol. The van der Waals surface area contributed by atoms with Gasteiger partial charge in [-0.1, -0.05) is 0 Å². The molecule has 6 heterocycles. The van der Waals surface area contributed by atoms with Crippen LogP contribution in [0.1, 0.15) is 22.3 Å². The van der Waals surface area contributed by atoms with Crippen LogP contribution in [0, 0.1) is 0 Å². The van der Waals surface area contributed by atoms with Gasteiger partial charge >= 0.3 is 257 Å². The molecule has 8 nitrogen and oxygen atoms in total. The summed E-state index contributed by atoms with van der Waals surface area (Å²) < 4.78 is 3.90. The fourth-order valence-corrected chi connectivity index (χ4v) is 15.0. The molecule has 202 valence electrons. The van der Waals surface area contributed by atoms with Crippen molar-refractivity contribution in [2.75, 3.05) is 0 Å². The molecule has 0 radical (unpaired) electrons. The fourth-order valence-electron chi connectivity index (χ4n) is 6.31. The first kappa shape index (κ1) is 24.1. The normalized spacial score (nSPS) is 16.8. The topological polar surface area (TPSA) is 84.0 Å². The van der Waals surface area contributed by atoms with Gasteiger partial charge in [-0.05, 0) is 0 Å². The minimum atomic E-state index is -4.75. The Bertz CT molecular complexity index is 2390. The average molecular weight is 705 g/mol. The molecule has 0 spiro atoms. The molecule has 11 heteroatoms. The zero-order valence-electron chi connectivity index (χ0n) is 22.0. The molecule has 10 rings (SSSR count). The van der Waals surface area contributed by atoms with Gasteiger partial charge in [0.15, 0.2) is 0 Å². The van der Waals surface area contributed by atoms with Crippen molar-refractivity contribution in [3.8, 4) is 0 Å². The molecule has 4 aromatic carbocycles. The van der Waals surface area contributed by atoms with E-state index in [1.165, 1.54) is 0 Å². The molecule has 6 aromatic rings. The van der Waals surface area contributed by atoms with Crippen LogP contribution < -0.4 is 11.0 Å². The summed E-state index contributed by atoms with van der Waals surface area (Å²) in [5.41, 5.74) is 4.79. The van der Waals surface area contributed by atoms with E-state index < -0.39 is 17.1 Å². The number of rotatable bonds is 0. The number of aliphatic imine (C=N–C) groups is 4. The van der Waals surface area contributed by atoms with Crippen LogP contribution in [-0.2, 0) is 0 Å². The van der Waals surface area contributed by atoms with Gasteiger partial charge in [-0.25, -0.2) is 0 Å². The van der Waals surface area contributed by atoms with Gasteiger partial charge in [0.2, 0.25) is 0 Å². The summed E-state index contributed by atoms with van der Waals surface area (Å²) in [6.07, 6.45) is 0. The third-order valence-electron chi connectivity index (χ3n) is 8.19. The SMILES string of the molecule is [Cl][Sb+]1([Cl])[n]2c3c4ccccc4c2N=C2N=C(N=c4c5ccccc5c([n]41)=NC1=NC(=N3)c3ccccc31)c1ccccc12. The van der Waals surface area contributed by atoms with Crippen molar-refractivity contribution in [1.82, 2.24) is 5.45 Å². The first-order valence-electron chi connectivity index (χ1n) is 13.6. The molecular formula is C32H16Cl2N8Sb+. The monoisotopic (exact) mass is 703 g/mol. The average Bonchev–Trinajstić information content (AvgIpc) is 3.74. The van der Waals surface area contributed by atoms with Crippen LogP contribution in [0.15, 0.2) is 127 Å². The molecule has 0 aliphatic carbocycles. The van der Waals surface area contributed by atoms with Crippen molar-refractivity contribution in [1.29, 1.82) is 0 Å². The summed E-state index contributed by atoms with van der Waals surface area (Å²) in [4.78, 5) is 30.7. The molecule has 0 saturated heterocycles. The Morgan fingerprint density at radius 3 is 1.16 bits per heavy atom. The molecule has 0 N–H and O–H groups in total. The predicted molar refractivity (Wildman–Crippen MR) is 173 cm³/mol. The minimum absolute atomic E-state index is 0.555. The third-order valence-corrected chi connectivity index (χ3v) is 17.2. The number of aromatic nitrogens is 2. The second-order valence-corrected chi connectivity index (χ2v) is 22.9. The molecule has 4 aliphatic rings. The van der Waals surface area contributed by atoms with Crippen molar-refractivity contribution in [2.24, 2.45) is 30.0 Å². The molecule has 0 amide bonds. The molecule has 6 bridgehead atoms. The van der Waals surface area contributed by atoms with E-state index in [1.807, 2.05) is 103 Å². The quantitative estimate of drug-likeness (QED) is 0.178. The summed E-state index contributed by atoms with van der Waals surface area (Å²) >= 11 is -4.75. The molecule has 0 unspecified atom stereocenters.